The summed E-state index contributed by atoms with van der Waals surface area (Å²) in [6.07, 6.45) is 1.60. The van der Waals surface area contributed by atoms with Crippen LogP contribution in [0.25, 0.3) is 0 Å². The molecule has 0 saturated heterocycles. The Hall–Kier alpha value is -1.35. The van der Waals surface area contributed by atoms with Crippen molar-refractivity contribution in [2.75, 3.05) is 7.11 Å². The molecule has 3 nitrogen and oxygen atoms in total. The van der Waals surface area contributed by atoms with Gasteiger partial charge in [-0.2, -0.15) is 0 Å². The summed E-state index contributed by atoms with van der Waals surface area (Å²) in [6.45, 7) is 8.49. The van der Waals surface area contributed by atoms with Crippen LogP contribution in [0.2, 0.25) is 0 Å². The van der Waals surface area contributed by atoms with Gasteiger partial charge in [0, 0.05) is 0 Å². The lowest BCUT2D eigenvalue weighted by molar-refractivity contribution is -0.142. The van der Waals surface area contributed by atoms with Gasteiger partial charge in [-0.05, 0) is 56.2 Å². The molecule has 2 unspecified atom stereocenters. The van der Waals surface area contributed by atoms with E-state index < -0.39 is 6.04 Å². The zero-order chi connectivity index (χ0) is 14.6. The highest BCUT2D eigenvalue weighted by atomic mass is 16.5. The monoisotopic (exact) mass is 263 g/mol. The quantitative estimate of drug-likeness (QED) is 0.831. The zero-order valence-electron chi connectivity index (χ0n) is 12.6. The average molecular weight is 263 g/mol. The number of carbonyl (C=O) groups excluding carboxylic acids is 1. The van der Waals surface area contributed by atoms with Crippen molar-refractivity contribution in [1.82, 2.24) is 0 Å². The molecule has 0 amide bonds. The number of esters is 1. The van der Waals surface area contributed by atoms with Gasteiger partial charge in [0.25, 0.3) is 0 Å². The van der Waals surface area contributed by atoms with Crippen LogP contribution in [0.4, 0.5) is 0 Å². The van der Waals surface area contributed by atoms with Crippen LogP contribution in [-0.4, -0.2) is 19.1 Å². The van der Waals surface area contributed by atoms with Gasteiger partial charge in [-0.25, -0.2) is 0 Å². The first kappa shape index (κ1) is 15.7. The molecule has 1 aromatic carbocycles. The van der Waals surface area contributed by atoms with Gasteiger partial charge in [-0.3, -0.25) is 4.79 Å². The molecule has 0 heterocycles. The lowest BCUT2D eigenvalue weighted by Crippen LogP contribution is -2.33. The van der Waals surface area contributed by atoms with E-state index in [0.29, 0.717) is 12.3 Å². The Balaban J connectivity index is 3.01. The maximum Gasteiger partial charge on any atom is 0.322 e. The van der Waals surface area contributed by atoms with Crippen LogP contribution < -0.4 is 5.73 Å². The second-order valence-electron chi connectivity index (χ2n) is 5.27. The number of hydrogen-bond donors (Lipinski definition) is 1. The lowest BCUT2D eigenvalue weighted by Gasteiger charge is -2.22. The van der Waals surface area contributed by atoms with Crippen LogP contribution in [0.15, 0.2) is 12.1 Å². The van der Waals surface area contributed by atoms with Crippen molar-refractivity contribution in [1.29, 1.82) is 0 Å². The van der Waals surface area contributed by atoms with Crippen LogP contribution in [0.5, 0.6) is 0 Å². The van der Waals surface area contributed by atoms with E-state index in [-0.39, 0.29) is 5.97 Å². The summed E-state index contributed by atoms with van der Waals surface area (Å²) in [5.41, 5.74) is 11.0. The molecule has 3 heteroatoms. The van der Waals surface area contributed by atoms with E-state index in [4.69, 9.17) is 10.5 Å². The van der Waals surface area contributed by atoms with Crippen LogP contribution in [0, 0.1) is 20.8 Å². The second kappa shape index (κ2) is 6.71. The molecular formula is C16H25NO2. The van der Waals surface area contributed by atoms with Gasteiger partial charge in [-0.15, -0.1) is 0 Å². The molecule has 0 bridgehead atoms. The van der Waals surface area contributed by atoms with Gasteiger partial charge in [-0.1, -0.05) is 24.6 Å². The maximum atomic E-state index is 11.5. The molecule has 1 rings (SSSR count). The molecule has 0 aliphatic heterocycles. The van der Waals surface area contributed by atoms with Gasteiger partial charge in [0.1, 0.15) is 6.04 Å². The Morgan fingerprint density at radius 2 is 1.95 bits per heavy atom. The summed E-state index contributed by atoms with van der Waals surface area (Å²) in [5, 5.41) is 0. The van der Waals surface area contributed by atoms with Crippen LogP contribution >= 0.6 is 0 Å². The number of benzene rings is 1. The third-order valence-corrected chi connectivity index (χ3v) is 3.83. The molecule has 2 N–H and O–H groups in total. The Kier molecular flexibility index (Phi) is 5.55. The van der Waals surface area contributed by atoms with Crippen molar-refractivity contribution in [3.8, 4) is 0 Å². The summed E-state index contributed by atoms with van der Waals surface area (Å²) in [5.74, 6) is -0.0341. The van der Waals surface area contributed by atoms with E-state index >= 15 is 0 Å². The van der Waals surface area contributed by atoms with E-state index in [2.05, 4.69) is 39.8 Å². The Labute approximate surface area is 116 Å². The maximum absolute atomic E-state index is 11.5. The molecule has 0 radical (unpaired) electrons. The van der Waals surface area contributed by atoms with E-state index in [9.17, 15) is 4.79 Å². The number of rotatable bonds is 5. The van der Waals surface area contributed by atoms with Gasteiger partial charge in [0.15, 0.2) is 0 Å². The van der Waals surface area contributed by atoms with E-state index in [1.165, 1.54) is 29.4 Å². The zero-order valence-corrected chi connectivity index (χ0v) is 12.6. The fourth-order valence-corrected chi connectivity index (χ4v) is 2.56. The standard InChI is InChI=1S/C16H25NO2/c1-6-13(9-15(17)16(18)19-5)14-8-10(2)7-11(3)12(14)4/h7-8,13,15H,6,9,17H2,1-5H3. The van der Waals surface area contributed by atoms with E-state index in [1.54, 1.807) is 0 Å². The number of nitrogens with two attached hydrogens (primary N) is 1. The minimum Gasteiger partial charge on any atom is -0.468 e. The lowest BCUT2D eigenvalue weighted by atomic mass is 9.85. The van der Waals surface area contributed by atoms with Crippen molar-refractivity contribution < 1.29 is 9.53 Å². The predicted molar refractivity (Wildman–Crippen MR) is 78.3 cm³/mol. The predicted octanol–water partition coefficient (Wildman–Crippen LogP) is 3.00. The van der Waals surface area contributed by atoms with Crippen molar-refractivity contribution in [3.05, 3.63) is 34.4 Å². The summed E-state index contributed by atoms with van der Waals surface area (Å²) >= 11 is 0. The van der Waals surface area contributed by atoms with Gasteiger partial charge >= 0.3 is 5.97 Å². The van der Waals surface area contributed by atoms with Crippen LogP contribution in [0.1, 0.15) is 47.9 Å². The molecule has 106 valence electrons. The minimum atomic E-state index is -0.546. The minimum absolute atomic E-state index is 0.299. The summed E-state index contributed by atoms with van der Waals surface area (Å²) < 4.78 is 4.71. The third kappa shape index (κ3) is 3.80. The van der Waals surface area contributed by atoms with Crippen LogP contribution in [-0.2, 0) is 9.53 Å². The molecule has 0 saturated carbocycles. The molecule has 2 atom stereocenters. The van der Waals surface area contributed by atoms with Crippen molar-refractivity contribution in [2.45, 2.75) is 52.5 Å². The smallest absolute Gasteiger partial charge is 0.322 e. The van der Waals surface area contributed by atoms with Gasteiger partial charge < -0.3 is 10.5 Å². The fourth-order valence-electron chi connectivity index (χ4n) is 2.56. The molecule has 0 aromatic heterocycles. The van der Waals surface area contributed by atoms with Crippen LogP contribution in [0.3, 0.4) is 0 Å². The number of carbonyl (C=O) groups is 1. The molecule has 0 fully saturated rings. The van der Waals surface area contributed by atoms with E-state index in [0.717, 1.165) is 6.42 Å². The summed E-state index contributed by atoms with van der Waals surface area (Å²) in [7, 11) is 1.38. The molecule has 1 aromatic rings. The van der Waals surface area contributed by atoms with Crippen molar-refractivity contribution in [2.24, 2.45) is 5.73 Å². The Bertz CT molecular complexity index is 454. The molecular weight excluding hydrogens is 238 g/mol. The highest BCUT2D eigenvalue weighted by Gasteiger charge is 2.21. The number of aryl methyl sites for hydroxylation is 2. The van der Waals surface area contributed by atoms with Crippen molar-refractivity contribution in [3.63, 3.8) is 0 Å². The first-order valence-electron chi connectivity index (χ1n) is 6.81. The average Bonchev–Trinajstić information content (AvgIpc) is 2.39. The molecule has 0 aliphatic carbocycles. The normalized spacial score (nSPS) is 14.0. The van der Waals surface area contributed by atoms with Gasteiger partial charge in [0.05, 0.1) is 7.11 Å². The SMILES string of the molecule is CCC(CC(N)C(=O)OC)c1cc(C)cc(C)c1C. The molecule has 0 aliphatic rings. The second-order valence-corrected chi connectivity index (χ2v) is 5.27. The number of ether oxygens (including phenoxy) is 1. The number of methoxy groups -OCH3 is 1. The fraction of sp³-hybridized carbons (Fsp3) is 0.562. The Morgan fingerprint density at radius 1 is 1.32 bits per heavy atom. The molecule has 19 heavy (non-hydrogen) atoms. The highest BCUT2D eigenvalue weighted by Crippen LogP contribution is 2.30. The van der Waals surface area contributed by atoms with E-state index in [1.807, 2.05) is 0 Å². The largest absolute Gasteiger partial charge is 0.468 e. The third-order valence-electron chi connectivity index (χ3n) is 3.83. The highest BCUT2D eigenvalue weighted by molar-refractivity contribution is 5.75. The Morgan fingerprint density at radius 3 is 2.47 bits per heavy atom. The topological polar surface area (TPSA) is 52.3 Å². The number of hydrogen-bond acceptors (Lipinski definition) is 3. The first-order valence-corrected chi connectivity index (χ1v) is 6.81. The molecule has 0 spiro atoms. The van der Waals surface area contributed by atoms with Gasteiger partial charge in [0.2, 0.25) is 0 Å². The van der Waals surface area contributed by atoms with Crippen molar-refractivity contribution >= 4 is 5.97 Å². The summed E-state index contributed by atoms with van der Waals surface area (Å²) in [6, 6.07) is 3.85. The first-order chi connectivity index (χ1) is 8.90. The summed E-state index contributed by atoms with van der Waals surface area (Å²) in [4.78, 5) is 11.5.